The number of hydrogen-bond donors (Lipinski definition) is 2. The molecule has 1 aliphatic heterocycles. The lowest BCUT2D eigenvalue weighted by molar-refractivity contribution is -0.127. The zero-order valence-corrected chi connectivity index (χ0v) is 16.8. The molecule has 2 atom stereocenters. The van der Waals surface area contributed by atoms with Gasteiger partial charge in [0.15, 0.2) is 0 Å². The van der Waals surface area contributed by atoms with E-state index in [9.17, 15) is 19.2 Å². The quantitative estimate of drug-likeness (QED) is 0.658. The Labute approximate surface area is 171 Å². The van der Waals surface area contributed by atoms with Crippen molar-refractivity contribution >= 4 is 52.4 Å². The van der Waals surface area contributed by atoms with E-state index in [0.717, 1.165) is 28.6 Å². The molecule has 1 saturated carbocycles. The zero-order valence-electron chi connectivity index (χ0n) is 15.2. The van der Waals surface area contributed by atoms with E-state index >= 15 is 0 Å². The van der Waals surface area contributed by atoms with Crippen LogP contribution in [0.15, 0.2) is 29.2 Å². The van der Waals surface area contributed by atoms with Crippen LogP contribution in [0, 0.1) is 11.8 Å². The summed E-state index contributed by atoms with van der Waals surface area (Å²) in [6, 6.07) is 6.92. The lowest BCUT2D eigenvalue weighted by Crippen LogP contribution is -2.41. The number of amides is 4. The van der Waals surface area contributed by atoms with Crippen LogP contribution in [-0.2, 0) is 14.4 Å². The maximum Gasteiger partial charge on any atom is 0.293 e. The lowest BCUT2D eigenvalue weighted by atomic mass is 10.2. The first-order valence-electron chi connectivity index (χ1n) is 8.90. The highest BCUT2D eigenvalue weighted by molar-refractivity contribution is 8.18. The van der Waals surface area contributed by atoms with Crippen LogP contribution >= 0.6 is 23.4 Å². The smallest absolute Gasteiger partial charge is 0.293 e. The molecule has 2 unspecified atom stereocenters. The number of nitrogens with one attached hydrogen (secondary N) is 2. The Morgan fingerprint density at radius 2 is 1.93 bits per heavy atom. The van der Waals surface area contributed by atoms with Crippen molar-refractivity contribution in [3.63, 3.8) is 0 Å². The van der Waals surface area contributed by atoms with E-state index in [1.54, 1.807) is 30.3 Å². The molecule has 9 heteroatoms. The molecule has 28 heavy (non-hydrogen) atoms. The Hall–Kier alpha value is -2.32. The Kier molecular flexibility index (Phi) is 6.41. The van der Waals surface area contributed by atoms with Gasteiger partial charge in [-0.25, -0.2) is 0 Å². The number of nitrogens with zero attached hydrogens (tertiary/aromatic N) is 1. The van der Waals surface area contributed by atoms with Crippen molar-refractivity contribution in [3.05, 3.63) is 39.8 Å². The second-order valence-electron chi connectivity index (χ2n) is 6.77. The third kappa shape index (κ3) is 5.14. The molecule has 2 aliphatic rings. The van der Waals surface area contributed by atoms with E-state index in [-0.39, 0.29) is 42.6 Å². The minimum atomic E-state index is -0.393. The molecule has 1 aromatic carbocycles. The normalized spacial score (nSPS) is 22.5. The molecule has 1 heterocycles. The molecule has 148 valence electrons. The predicted octanol–water partition coefficient (Wildman–Crippen LogP) is 2.26. The molecule has 4 amide bonds. The minimum absolute atomic E-state index is 0.00974. The summed E-state index contributed by atoms with van der Waals surface area (Å²) in [5.41, 5.74) is 0.768. The Bertz CT molecular complexity index is 840. The molecular formula is C19H20ClN3O4S. The number of hydrogen-bond acceptors (Lipinski definition) is 5. The fourth-order valence-electron chi connectivity index (χ4n) is 2.76. The fourth-order valence-corrected chi connectivity index (χ4v) is 3.75. The van der Waals surface area contributed by atoms with Crippen molar-refractivity contribution in [2.45, 2.75) is 13.3 Å². The second-order valence-corrected chi connectivity index (χ2v) is 8.20. The van der Waals surface area contributed by atoms with Crippen LogP contribution in [0.3, 0.4) is 0 Å². The van der Waals surface area contributed by atoms with E-state index in [2.05, 4.69) is 10.6 Å². The summed E-state index contributed by atoms with van der Waals surface area (Å²) in [5.74, 6) is -0.472. The zero-order chi connectivity index (χ0) is 20.3. The molecule has 0 spiro atoms. The molecule has 3 rings (SSSR count). The van der Waals surface area contributed by atoms with Gasteiger partial charge in [0, 0.05) is 24.0 Å². The summed E-state index contributed by atoms with van der Waals surface area (Å²) in [5, 5.41) is 5.40. The van der Waals surface area contributed by atoms with Crippen LogP contribution in [0.25, 0.3) is 6.08 Å². The van der Waals surface area contributed by atoms with Crippen molar-refractivity contribution in [1.29, 1.82) is 0 Å². The van der Waals surface area contributed by atoms with Crippen LogP contribution in [-0.4, -0.2) is 47.5 Å². The number of imide groups is 1. The second kappa shape index (κ2) is 8.79. The van der Waals surface area contributed by atoms with Crippen molar-refractivity contribution < 1.29 is 19.2 Å². The molecule has 0 bridgehead atoms. The Morgan fingerprint density at radius 1 is 1.25 bits per heavy atom. The van der Waals surface area contributed by atoms with Gasteiger partial charge in [-0.1, -0.05) is 30.7 Å². The van der Waals surface area contributed by atoms with Crippen molar-refractivity contribution in [2.75, 3.05) is 19.6 Å². The van der Waals surface area contributed by atoms with Gasteiger partial charge in [-0.2, -0.15) is 0 Å². The fraction of sp³-hybridized carbons (Fsp3) is 0.368. The summed E-state index contributed by atoms with van der Waals surface area (Å²) < 4.78 is 0. The number of benzene rings is 1. The van der Waals surface area contributed by atoms with Gasteiger partial charge in [-0.15, -0.1) is 0 Å². The average Bonchev–Trinajstić information content (AvgIpc) is 3.34. The molecule has 2 N–H and O–H groups in total. The molecule has 2 fully saturated rings. The number of thioether (sulfide) groups is 1. The van der Waals surface area contributed by atoms with Crippen LogP contribution in [0.2, 0.25) is 5.02 Å². The van der Waals surface area contributed by atoms with E-state index in [0.29, 0.717) is 15.8 Å². The molecule has 0 aromatic heterocycles. The van der Waals surface area contributed by atoms with Crippen molar-refractivity contribution in [3.8, 4) is 0 Å². The van der Waals surface area contributed by atoms with Gasteiger partial charge in [-0.05, 0) is 47.9 Å². The van der Waals surface area contributed by atoms with Crippen LogP contribution in [0.4, 0.5) is 4.79 Å². The SMILES string of the molecule is CC1CC1C(=O)NCC(=O)NCCN1C(=O)S/C(=C\c2ccc(Cl)cc2)C1=O. The molecule has 1 aromatic rings. The minimum Gasteiger partial charge on any atom is -0.353 e. The summed E-state index contributed by atoms with van der Waals surface area (Å²) in [7, 11) is 0. The highest BCUT2D eigenvalue weighted by Gasteiger charge is 2.39. The van der Waals surface area contributed by atoms with Gasteiger partial charge in [0.05, 0.1) is 11.4 Å². The van der Waals surface area contributed by atoms with Gasteiger partial charge >= 0.3 is 0 Å². The van der Waals surface area contributed by atoms with Crippen LogP contribution in [0.1, 0.15) is 18.9 Å². The van der Waals surface area contributed by atoms with Crippen LogP contribution in [0.5, 0.6) is 0 Å². The first-order valence-corrected chi connectivity index (χ1v) is 10.1. The van der Waals surface area contributed by atoms with E-state index in [1.807, 2.05) is 6.92 Å². The van der Waals surface area contributed by atoms with E-state index in [1.165, 1.54) is 0 Å². The van der Waals surface area contributed by atoms with E-state index in [4.69, 9.17) is 11.6 Å². The average molecular weight is 422 g/mol. The maximum atomic E-state index is 12.4. The van der Waals surface area contributed by atoms with Gasteiger partial charge in [0.1, 0.15) is 0 Å². The van der Waals surface area contributed by atoms with Gasteiger partial charge in [-0.3, -0.25) is 24.1 Å². The van der Waals surface area contributed by atoms with Crippen LogP contribution < -0.4 is 10.6 Å². The molecule has 7 nitrogen and oxygen atoms in total. The summed E-state index contributed by atoms with van der Waals surface area (Å²) in [6.45, 7) is 2.07. The summed E-state index contributed by atoms with van der Waals surface area (Å²) in [6.07, 6.45) is 2.49. The molecular weight excluding hydrogens is 402 g/mol. The number of rotatable bonds is 7. The van der Waals surface area contributed by atoms with Gasteiger partial charge in [0.2, 0.25) is 11.8 Å². The monoisotopic (exact) mass is 421 g/mol. The number of carbonyl (C=O) groups is 4. The third-order valence-corrected chi connectivity index (χ3v) is 5.73. The van der Waals surface area contributed by atoms with Crippen molar-refractivity contribution in [1.82, 2.24) is 15.5 Å². The van der Waals surface area contributed by atoms with Gasteiger partial charge < -0.3 is 10.6 Å². The standard InChI is InChI=1S/C19H20ClN3O4S/c1-11-8-14(11)17(25)22-10-16(24)21-6-7-23-18(26)15(28-19(23)27)9-12-2-4-13(20)5-3-12/h2-5,9,11,14H,6-8,10H2,1H3,(H,21,24)(H,22,25)/b15-9-. The Morgan fingerprint density at radius 3 is 2.57 bits per heavy atom. The molecule has 1 aliphatic carbocycles. The first-order chi connectivity index (χ1) is 13.3. The lowest BCUT2D eigenvalue weighted by Gasteiger charge is -2.13. The number of carbonyl (C=O) groups excluding carboxylic acids is 4. The maximum absolute atomic E-state index is 12.4. The summed E-state index contributed by atoms with van der Waals surface area (Å²) >= 11 is 6.70. The highest BCUT2D eigenvalue weighted by atomic mass is 35.5. The molecule has 0 radical (unpaired) electrons. The van der Waals surface area contributed by atoms with Crippen molar-refractivity contribution in [2.24, 2.45) is 11.8 Å². The largest absolute Gasteiger partial charge is 0.353 e. The molecule has 1 saturated heterocycles. The first kappa shape index (κ1) is 20.4. The highest BCUT2D eigenvalue weighted by Crippen LogP contribution is 2.37. The summed E-state index contributed by atoms with van der Waals surface area (Å²) in [4.78, 5) is 49.4. The number of halogens is 1. The topological polar surface area (TPSA) is 95.6 Å². The predicted molar refractivity (Wildman–Crippen MR) is 107 cm³/mol. The van der Waals surface area contributed by atoms with Gasteiger partial charge in [0.25, 0.3) is 11.1 Å². The third-order valence-electron chi connectivity index (χ3n) is 4.57. The van der Waals surface area contributed by atoms with E-state index < -0.39 is 5.91 Å². The Balaban J connectivity index is 1.44.